The summed E-state index contributed by atoms with van der Waals surface area (Å²) in [7, 11) is 0. The average molecular weight is 191 g/mol. The molecule has 66 valence electrons. The molecule has 2 aromatic rings. The fraction of sp³-hybridized carbons (Fsp3) is 0.100. The van der Waals surface area contributed by atoms with E-state index in [9.17, 15) is 0 Å². The molecule has 0 radical (unpaired) electrons. The van der Waals surface area contributed by atoms with E-state index in [0.29, 0.717) is 11.0 Å². The smallest absolute Gasteiger partial charge is 0.193 e. The predicted molar refractivity (Wildman–Crippen MR) is 53.9 cm³/mol. The van der Waals surface area contributed by atoms with Gasteiger partial charge in [0.2, 0.25) is 0 Å². The highest BCUT2D eigenvalue weighted by atomic mass is 32.1. The van der Waals surface area contributed by atoms with E-state index < -0.39 is 0 Å². The maximum Gasteiger partial charge on any atom is 0.193 e. The van der Waals surface area contributed by atoms with Gasteiger partial charge in [0.05, 0.1) is 0 Å². The Morgan fingerprint density at radius 3 is 2.46 bits per heavy atom. The Balaban J connectivity index is 2.53. The molecule has 1 aromatic carbocycles. The largest absolute Gasteiger partial charge is 0.434 e. The van der Waals surface area contributed by atoms with Gasteiger partial charge >= 0.3 is 0 Å². The molecule has 0 saturated heterocycles. The van der Waals surface area contributed by atoms with Gasteiger partial charge in [-0.25, -0.2) is 4.98 Å². The molecular formula is C10H9NOS. The number of hydrogen-bond donors (Lipinski definition) is 1. The number of oxazole rings is 1. The van der Waals surface area contributed by atoms with E-state index in [1.54, 1.807) is 0 Å². The van der Waals surface area contributed by atoms with E-state index in [2.05, 4.69) is 17.6 Å². The van der Waals surface area contributed by atoms with E-state index in [4.69, 9.17) is 4.42 Å². The molecule has 0 fully saturated rings. The molecule has 0 amide bonds. The van der Waals surface area contributed by atoms with E-state index >= 15 is 0 Å². The normalized spacial score (nSPS) is 10.3. The Kier molecular flexibility index (Phi) is 2.10. The summed E-state index contributed by atoms with van der Waals surface area (Å²) >= 11 is 4.20. The number of hydrogen-bond acceptors (Lipinski definition) is 3. The molecule has 0 spiro atoms. The van der Waals surface area contributed by atoms with Gasteiger partial charge in [0.25, 0.3) is 0 Å². The minimum absolute atomic E-state index is 0.573. The zero-order valence-electron chi connectivity index (χ0n) is 7.19. The van der Waals surface area contributed by atoms with Crippen LogP contribution in [0.25, 0.3) is 11.3 Å². The van der Waals surface area contributed by atoms with Crippen LogP contribution < -0.4 is 0 Å². The SMILES string of the molecule is Cc1nc(-c2ccccc2)c(S)o1. The summed E-state index contributed by atoms with van der Waals surface area (Å²) in [4.78, 5) is 4.24. The van der Waals surface area contributed by atoms with Gasteiger partial charge in [-0.3, -0.25) is 0 Å². The molecule has 0 unspecified atom stereocenters. The standard InChI is InChI=1S/C10H9NOS/c1-7-11-9(10(13)12-7)8-5-3-2-4-6-8/h2-6,13H,1H3. The molecule has 0 aliphatic heterocycles. The van der Waals surface area contributed by atoms with Crippen molar-refractivity contribution in [1.82, 2.24) is 4.98 Å². The lowest BCUT2D eigenvalue weighted by atomic mass is 10.2. The summed E-state index contributed by atoms with van der Waals surface area (Å²) in [6.07, 6.45) is 0. The zero-order valence-corrected chi connectivity index (χ0v) is 8.08. The van der Waals surface area contributed by atoms with E-state index in [0.717, 1.165) is 11.3 Å². The second-order valence-corrected chi connectivity index (χ2v) is 3.16. The van der Waals surface area contributed by atoms with Crippen molar-refractivity contribution >= 4 is 12.6 Å². The van der Waals surface area contributed by atoms with E-state index in [1.165, 1.54) is 0 Å². The van der Waals surface area contributed by atoms with Crippen LogP contribution in [0.3, 0.4) is 0 Å². The Bertz CT molecular complexity index is 408. The molecule has 2 rings (SSSR count). The van der Waals surface area contributed by atoms with Gasteiger partial charge in [-0.05, 0) is 0 Å². The Morgan fingerprint density at radius 2 is 1.92 bits per heavy atom. The highest BCUT2D eigenvalue weighted by Gasteiger charge is 2.08. The van der Waals surface area contributed by atoms with Crippen LogP contribution in [-0.2, 0) is 0 Å². The second-order valence-electron chi connectivity index (χ2n) is 2.75. The first-order valence-corrected chi connectivity index (χ1v) is 4.44. The minimum Gasteiger partial charge on any atom is -0.434 e. The number of benzene rings is 1. The molecule has 0 aliphatic rings. The fourth-order valence-corrected chi connectivity index (χ4v) is 1.51. The predicted octanol–water partition coefficient (Wildman–Crippen LogP) is 2.94. The van der Waals surface area contributed by atoms with Crippen molar-refractivity contribution in [3.05, 3.63) is 36.2 Å². The molecule has 0 N–H and O–H groups in total. The Labute approximate surface area is 82.0 Å². The molecule has 3 heteroatoms. The van der Waals surface area contributed by atoms with Gasteiger partial charge in [-0.2, -0.15) is 0 Å². The highest BCUT2D eigenvalue weighted by molar-refractivity contribution is 7.80. The van der Waals surface area contributed by atoms with Gasteiger partial charge in [-0.1, -0.05) is 30.3 Å². The zero-order chi connectivity index (χ0) is 9.26. The third kappa shape index (κ3) is 1.60. The van der Waals surface area contributed by atoms with Gasteiger partial charge < -0.3 is 4.42 Å². The maximum absolute atomic E-state index is 5.22. The summed E-state index contributed by atoms with van der Waals surface area (Å²) in [6, 6.07) is 9.86. The first-order chi connectivity index (χ1) is 6.27. The summed E-state index contributed by atoms with van der Waals surface area (Å²) in [5.41, 5.74) is 1.84. The lowest BCUT2D eigenvalue weighted by Gasteiger charge is -1.94. The first-order valence-electron chi connectivity index (χ1n) is 3.99. The highest BCUT2D eigenvalue weighted by Crippen LogP contribution is 2.25. The fourth-order valence-electron chi connectivity index (χ4n) is 1.20. The first kappa shape index (κ1) is 8.38. The van der Waals surface area contributed by atoms with Crippen molar-refractivity contribution < 1.29 is 4.42 Å². The summed E-state index contributed by atoms with van der Waals surface area (Å²) < 4.78 is 5.22. The molecule has 0 saturated carbocycles. The number of rotatable bonds is 1. The van der Waals surface area contributed by atoms with Crippen LogP contribution >= 0.6 is 12.6 Å². The van der Waals surface area contributed by atoms with E-state index in [-0.39, 0.29) is 0 Å². The molecule has 2 nitrogen and oxygen atoms in total. The van der Waals surface area contributed by atoms with Crippen molar-refractivity contribution in [2.24, 2.45) is 0 Å². The summed E-state index contributed by atoms with van der Waals surface area (Å²) in [5.74, 6) is 0.642. The monoisotopic (exact) mass is 191 g/mol. The average Bonchev–Trinajstić information content (AvgIpc) is 2.47. The maximum atomic E-state index is 5.22. The molecule has 1 aromatic heterocycles. The number of thiol groups is 1. The molecular weight excluding hydrogens is 182 g/mol. The lowest BCUT2D eigenvalue weighted by Crippen LogP contribution is -1.77. The van der Waals surface area contributed by atoms with Gasteiger partial charge in [-0.15, -0.1) is 12.6 Å². The van der Waals surface area contributed by atoms with Crippen molar-refractivity contribution in [2.75, 3.05) is 0 Å². The van der Waals surface area contributed by atoms with Gasteiger partial charge in [0.1, 0.15) is 5.69 Å². The van der Waals surface area contributed by atoms with Gasteiger partial charge in [0.15, 0.2) is 11.0 Å². The Morgan fingerprint density at radius 1 is 1.23 bits per heavy atom. The third-order valence-electron chi connectivity index (χ3n) is 1.76. The van der Waals surface area contributed by atoms with Crippen LogP contribution in [0, 0.1) is 6.92 Å². The van der Waals surface area contributed by atoms with Crippen molar-refractivity contribution in [3.8, 4) is 11.3 Å². The van der Waals surface area contributed by atoms with Crippen LogP contribution in [0.4, 0.5) is 0 Å². The molecule has 0 bridgehead atoms. The summed E-state index contributed by atoms with van der Waals surface area (Å²) in [6.45, 7) is 1.81. The van der Waals surface area contributed by atoms with Crippen LogP contribution in [-0.4, -0.2) is 4.98 Å². The van der Waals surface area contributed by atoms with Crippen LogP contribution in [0.1, 0.15) is 5.89 Å². The third-order valence-corrected chi connectivity index (χ3v) is 2.07. The van der Waals surface area contributed by atoms with Crippen LogP contribution in [0.5, 0.6) is 0 Å². The van der Waals surface area contributed by atoms with Gasteiger partial charge in [0, 0.05) is 12.5 Å². The lowest BCUT2D eigenvalue weighted by molar-refractivity contribution is 0.444. The topological polar surface area (TPSA) is 26.0 Å². The number of aryl methyl sites for hydroxylation is 1. The van der Waals surface area contributed by atoms with E-state index in [1.807, 2.05) is 37.3 Å². The quantitative estimate of drug-likeness (QED) is 0.701. The number of nitrogens with zero attached hydrogens (tertiary/aromatic N) is 1. The summed E-state index contributed by atoms with van der Waals surface area (Å²) in [5, 5.41) is 0.573. The Hall–Kier alpha value is -1.22. The van der Waals surface area contributed by atoms with Crippen LogP contribution in [0.15, 0.2) is 39.8 Å². The van der Waals surface area contributed by atoms with Crippen molar-refractivity contribution in [2.45, 2.75) is 12.0 Å². The molecule has 1 heterocycles. The second kappa shape index (κ2) is 3.26. The number of aromatic nitrogens is 1. The van der Waals surface area contributed by atoms with Crippen molar-refractivity contribution in [3.63, 3.8) is 0 Å². The van der Waals surface area contributed by atoms with Crippen LogP contribution in [0.2, 0.25) is 0 Å². The molecule has 0 aliphatic carbocycles. The van der Waals surface area contributed by atoms with Crippen molar-refractivity contribution in [1.29, 1.82) is 0 Å². The molecule has 0 atom stereocenters. The minimum atomic E-state index is 0.573. The molecule has 13 heavy (non-hydrogen) atoms.